The van der Waals surface area contributed by atoms with Crippen molar-refractivity contribution in [1.29, 1.82) is 0 Å². The number of esters is 1. The Balaban J connectivity index is 3.57. The Morgan fingerprint density at radius 1 is 1.35 bits per heavy atom. The number of ether oxygens (including phenoxy) is 1. The molecule has 0 bridgehead atoms. The average Bonchev–Trinajstić information content (AvgIpc) is 2.36. The number of thioether (sulfide) groups is 1. The summed E-state index contributed by atoms with van der Waals surface area (Å²) in [5.41, 5.74) is 5.67. The van der Waals surface area contributed by atoms with Gasteiger partial charge in [-0.25, -0.2) is 0 Å². The van der Waals surface area contributed by atoms with Crippen LogP contribution in [0.3, 0.4) is 0 Å². The zero-order valence-corrected chi connectivity index (χ0v) is 12.2. The van der Waals surface area contributed by atoms with Crippen LogP contribution in [-0.2, 0) is 9.53 Å². The molecule has 0 aromatic rings. The zero-order chi connectivity index (χ0) is 13.1. The second kappa shape index (κ2) is 10.9. The molecule has 0 spiro atoms. The molecule has 17 heavy (non-hydrogen) atoms. The molecule has 102 valence electrons. The third-order valence-electron chi connectivity index (χ3n) is 2.97. The molecule has 0 rings (SSSR count). The highest BCUT2D eigenvalue weighted by atomic mass is 32.2. The van der Waals surface area contributed by atoms with Crippen LogP contribution in [0.2, 0.25) is 0 Å². The van der Waals surface area contributed by atoms with Gasteiger partial charge in [0.25, 0.3) is 0 Å². The quantitative estimate of drug-likeness (QED) is 0.485. The molecule has 0 heterocycles. The summed E-state index contributed by atoms with van der Waals surface area (Å²) in [6.07, 6.45) is 5.87. The molecule has 0 aromatic heterocycles. The van der Waals surface area contributed by atoms with Crippen molar-refractivity contribution in [2.45, 2.75) is 52.0 Å². The molecule has 0 radical (unpaired) electrons. The van der Waals surface area contributed by atoms with E-state index in [1.807, 2.05) is 11.8 Å². The molecule has 4 heteroatoms. The highest BCUT2D eigenvalue weighted by Gasteiger charge is 2.13. The Labute approximate surface area is 110 Å². The third-order valence-corrected chi connectivity index (χ3v) is 4.21. The Hall–Kier alpha value is -0.220. The first-order valence-corrected chi connectivity index (χ1v) is 7.72. The maximum absolute atomic E-state index is 11.1. The van der Waals surface area contributed by atoms with Gasteiger partial charge in [-0.2, -0.15) is 11.8 Å². The number of unbranched alkanes of at least 4 members (excludes halogenated alkanes) is 1. The highest BCUT2D eigenvalue weighted by Crippen LogP contribution is 2.19. The lowest BCUT2D eigenvalue weighted by Gasteiger charge is -2.14. The maximum Gasteiger partial charge on any atom is 0.322 e. The summed E-state index contributed by atoms with van der Waals surface area (Å²) in [6, 6.07) is -0.455. The molecule has 0 aliphatic rings. The van der Waals surface area contributed by atoms with Crippen molar-refractivity contribution >= 4 is 17.7 Å². The van der Waals surface area contributed by atoms with Crippen LogP contribution in [0.4, 0.5) is 0 Å². The molecule has 2 unspecified atom stereocenters. The van der Waals surface area contributed by atoms with E-state index in [2.05, 4.69) is 18.6 Å². The molecule has 0 saturated carbocycles. The summed E-state index contributed by atoms with van der Waals surface area (Å²) in [7, 11) is 1.38. The van der Waals surface area contributed by atoms with E-state index in [1.54, 1.807) is 0 Å². The molecule has 3 nitrogen and oxygen atoms in total. The molecule has 0 aromatic carbocycles. The summed E-state index contributed by atoms with van der Waals surface area (Å²) < 4.78 is 4.59. The molecule has 2 N–H and O–H groups in total. The van der Waals surface area contributed by atoms with Gasteiger partial charge in [0.05, 0.1) is 7.11 Å². The van der Waals surface area contributed by atoms with Crippen LogP contribution in [0.25, 0.3) is 0 Å². The van der Waals surface area contributed by atoms with Gasteiger partial charge < -0.3 is 10.5 Å². The number of methoxy groups -OCH3 is 1. The van der Waals surface area contributed by atoms with Gasteiger partial charge in [-0.1, -0.05) is 33.1 Å². The SMILES string of the molecule is CCCCC(CC)CSCCC(N)C(=O)OC. The Kier molecular flexibility index (Phi) is 10.8. The van der Waals surface area contributed by atoms with E-state index >= 15 is 0 Å². The Morgan fingerprint density at radius 2 is 2.06 bits per heavy atom. The van der Waals surface area contributed by atoms with Gasteiger partial charge in [0.1, 0.15) is 6.04 Å². The first-order chi connectivity index (χ1) is 8.15. The van der Waals surface area contributed by atoms with Crippen LogP contribution < -0.4 is 5.73 Å². The number of carbonyl (C=O) groups is 1. The summed E-state index contributed by atoms with van der Waals surface area (Å²) in [6.45, 7) is 4.48. The minimum atomic E-state index is -0.455. The van der Waals surface area contributed by atoms with Crippen molar-refractivity contribution in [3.8, 4) is 0 Å². The van der Waals surface area contributed by atoms with E-state index < -0.39 is 6.04 Å². The van der Waals surface area contributed by atoms with Crippen molar-refractivity contribution in [2.24, 2.45) is 11.7 Å². The molecular formula is C13H27NO2S. The summed E-state index contributed by atoms with van der Waals surface area (Å²) in [5, 5.41) is 0. The topological polar surface area (TPSA) is 52.3 Å². The largest absolute Gasteiger partial charge is 0.468 e. The van der Waals surface area contributed by atoms with Gasteiger partial charge >= 0.3 is 5.97 Å². The van der Waals surface area contributed by atoms with Gasteiger partial charge in [-0.3, -0.25) is 4.79 Å². The first kappa shape index (κ1) is 16.8. The predicted molar refractivity (Wildman–Crippen MR) is 75.2 cm³/mol. The van der Waals surface area contributed by atoms with Gasteiger partial charge in [-0.05, 0) is 30.3 Å². The van der Waals surface area contributed by atoms with Crippen LogP contribution in [-0.4, -0.2) is 30.6 Å². The third kappa shape index (κ3) is 8.50. The fourth-order valence-corrected chi connectivity index (χ4v) is 2.95. The molecular weight excluding hydrogens is 234 g/mol. The molecule has 2 atom stereocenters. The van der Waals surface area contributed by atoms with E-state index in [1.165, 1.54) is 38.5 Å². The van der Waals surface area contributed by atoms with Crippen LogP contribution >= 0.6 is 11.8 Å². The number of carbonyl (C=O) groups excluding carboxylic acids is 1. The predicted octanol–water partition coefficient (Wildman–Crippen LogP) is 2.83. The van der Waals surface area contributed by atoms with Crippen molar-refractivity contribution in [2.75, 3.05) is 18.6 Å². The molecule has 0 aliphatic carbocycles. The van der Waals surface area contributed by atoms with Gasteiger partial charge in [0, 0.05) is 0 Å². The monoisotopic (exact) mass is 261 g/mol. The number of hydrogen-bond donors (Lipinski definition) is 1. The lowest BCUT2D eigenvalue weighted by atomic mass is 10.0. The molecule has 0 fully saturated rings. The van der Waals surface area contributed by atoms with Crippen LogP contribution in [0.15, 0.2) is 0 Å². The van der Waals surface area contributed by atoms with Gasteiger partial charge in [0.15, 0.2) is 0 Å². The summed E-state index contributed by atoms with van der Waals surface area (Å²) in [5.74, 6) is 2.64. The number of nitrogens with two attached hydrogens (primary N) is 1. The fraction of sp³-hybridized carbons (Fsp3) is 0.923. The smallest absolute Gasteiger partial charge is 0.322 e. The number of hydrogen-bond acceptors (Lipinski definition) is 4. The molecule has 0 saturated heterocycles. The van der Waals surface area contributed by atoms with Gasteiger partial charge in [0.2, 0.25) is 0 Å². The van der Waals surface area contributed by atoms with E-state index in [-0.39, 0.29) is 5.97 Å². The summed E-state index contributed by atoms with van der Waals surface area (Å²) >= 11 is 1.90. The maximum atomic E-state index is 11.1. The van der Waals surface area contributed by atoms with Crippen LogP contribution in [0, 0.1) is 5.92 Å². The van der Waals surface area contributed by atoms with E-state index in [0.29, 0.717) is 6.42 Å². The minimum Gasteiger partial charge on any atom is -0.468 e. The second-order valence-corrected chi connectivity index (χ2v) is 5.56. The van der Waals surface area contributed by atoms with Crippen molar-refractivity contribution < 1.29 is 9.53 Å². The van der Waals surface area contributed by atoms with Gasteiger partial charge in [-0.15, -0.1) is 0 Å². The van der Waals surface area contributed by atoms with E-state index in [0.717, 1.165) is 11.7 Å². The minimum absolute atomic E-state index is 0.302. The Morgan fingerprint density at radius 3 is 2.59 bits per heavy atom. The van der Waals surface area contributed by atoms with Crippen molar-refractivity contribution in [1.82, 2.24) is 0 Å². The molecule has 0 amide bonds. The lowest BCUT2D eigenvalue weighted by molar-refractivity contribution is -0.142. The Bertz CT molecular complexity index is 200. The van der Waals surface area contributed by atoms with Crippen LogP contribution in [0.1, 0.15) is 46.0 Å². The fourth-order valence-electron chi connectivity index (χ4n) is 1.63. The van der Waals surface area contributed by atoms with Crippen molar-refractivity contribution in [3.05, 3.63) is 0 Å². The van der Waals surface area contributed by atoms with E-state index in [9.17, 15) is 4.79 Å². The summed E-state index contributed by atoms with van der Waals surface area (Å²) in [4.78, 5) is 11.1. The van der Waals surface area contributed by atoms with E-state index in [4.69, 9.17) is 5.73 Å². The van der Waals surface area contributed by atoms with Crippen LogP contribution in [0.5, 0.6) is 0 Å². The van der Waals surface area contributed by atoms with Crippen molar-refractivity contribution in [3.63, 3.8) is 0 Å². The zero-order valence-electron chi connectivity index (χ0n) is 11.4. The standard InChI is InChI=1S/C13H27NO2S/c1-4-6-7-11(5-2)10-17-9-8-12(14)13(15)16-3/h11-12H,4-10,14H2,1-3H3. The lowest BCUT2D eigenvalue weighted by Crippen LogP contribution is -2.32. The average molecular weight is 261 g/mol. The second-order valence-electron chi connectivity index (χ2n) is 4.41. The highest BCUT2D eigenvalue weighted by molar-refractivity contribution is 7.99. The first-order valence-electron chi connectivity index (χ1n) is 6.56. The molecule has 0 aliphatic heterocycles. The number of rotatable bonds is 10. The normalized spacial score (nSPS) is 14.4.